The molecule has 0 aromatic rings. The van der Waals surface area contributed by atoms with Gasteiger partial charge in [-0.15, -0.1) is 0 Å². The highest BCUT2D eigenvalue weighted by Gasteiger charge is 2.39. The molecule has 1 rings (SSSR count). The molecule has 0 aromatic heterocycles. The smallest absolute Gasteiger partial charge is 0.291 e. The summed E-state index contributed by atoms with van der Waals surface area (Å²) in [4.78, 5) is 1.55. The maximum atomic E-state index is 12.3. The van der Waals surface area contributed by atoms with Crippen LogP contribution in [0.15, 0.2) is 0 Å². The van der Waals surface area contributed by atoms with Gasteiger partial charge in [-0.05, 0) is 24.0 Å². The van der Waals surface area contributed by atoms with Gasteiger partial charge in [-0.2, -0.15) is 25.8 Å². The highest BCUT2D eigenvalue weighted by molar-refractivity contribution is 7.80. The van der Waals surface area contributed by atoms with Gasteiger partial charge in [0, 0.05) is 12.6 Å². The van der Waals surface area contributed by atoms with Gasteiger partial charge in [0.2, 0.25) is 0 Å². The average Bonchev–Trinajstić information content (AvgIpc) is 2.82. The third-order valence-electron chi connectivity index (χ3n) is 2.50. The van der Waals surface area contributed by atoms with Crippen LogP contribution in [-0.4, -0.2) is 36.0 Å². The van der Waals surface area contributed by atoms with Crippen molar-refractivity contribution in [2.75, 3.05) is 18.8 Å². The van der Waals surface area contributed by atoms with E-state index < -0.39 is 12.7 Å². The zero-order valence-corrected chi connectivity index (χ0v) is 10.0. The fraction of sp³-hybridized carbons (Fsp3) is 1.00. The Labute approximate surface area is 94.4 Å². The predicted octanol–water partition coefficient (Wildman–Crippen LogP) is 2.97. The third kappa shape index (κ3) is 5.11. The molecule has 1 saturated carbocycles. The van der Waals surface area contributed by atoms with E-state index in [9.17, 15) is 13.2 Å². The summed E-state index contributed by atoms with van der Waals surface area (Å²) < 4.78 is 36.9. The molecular weight excluding hydrogens is 223 g/mol. The number of alkyl halides is 3. The van der Waals surface area contributed by atoms with E-state index in [1.807, 2.05) is 13.8 Å². The molecule has 0 bridgehead atoms. The topological polar surface area (TPSA) is 3.24 Å². The van der Waals surface area contributed by atoms with Crippen LogP contribution in [0.1, 0.15) is 26.7 Å². The molecule has 1 aliphatic carbocycles. The van der Waals surface area contributed by atoms with Gasteiger partial charge in [0.15, 0.2) is 0 Å². The summed E-state index contributed by atoms with van der Waals surface area (Å²) in [7, 11) is 0. The van der Waals surface area contributed by atoms with Crippen LogP contribution >= 0.6 is 12.6 Å². The van der Waals surface area contributed by atoms with E-state index in [1.54, 1.807) is 4.90 Å². The van der Waals surface area contributed by atoms with Gasteiger partial charge in [0.1, 0.15) is 0 Å². The van der Waals surface area contributed by atoms with Crippen molar-refractivity contribution in [1.29, 1.82) is 0 Å². The lowest BCUT2D eigenvalue weighted by molar-refractivity contribution is -0.149. The van der Waals surface area contributed by atoms with Crippen molar-refractivity contribution in [3.8, 4) is 0 Å². The molecule has 0 unspecified atom stereocenters. The SMILES string of the molecule is CC(C)(CS)CN(CC(F)(F)F)C1CC1. The number of nitrogens with zero attached hydrogens (tertiary/aromatic N) is 1. The fourth-order valence-electron chi connectivity index (χ4n) is 1.58. The van der Waals surface area contributed by atoms with E-state index in [0.717, 1.165) is 12.8 Å². The minimum atomic E-state index is -4.09. The molecule has 1 aliphatic rings. The first kappa shape index (κ1) is 13.2. The molecule has 0 aliphatic heterocycles. The van der Waals surface area contributed by atoms with Gasteiger partial charge in [-0.25, -0.2) is 0 Å². The number of hydrogen-bond acceptors (Lipinski definition) is 2. The maximum absolute atomic E-state index is 12.3. The maximum Gasteiger partial charge on any atom is 0.401 e. The molecule has 15 heavy (non-hydrogen) atoms. The van der Waals surface area contributed by atoms with Gasteiger partial charge in [0.05, 0.1) is 6.54 Å². The summed E-state index contributed by atoms with van der Waals surface area (Å²) in [6.45, 7) is 3.59. The zero-order valence-electron chi connectivity index (χ0n) is 9.14. The van der Waals surface area contributed by atoms with Gasteiger partial charge >= 0.3 is 6.18 Å². The Balaban J connectivity index is 2.51. The molecule has 5 heteroatoms. The van der Waals surface area contributed by atoms with Crippen molar-refractivity contribution in [3.05, 3.63) is 0 Å². The predicted molar refractivity (Wildman–Crippen MR) is 58.3 cm³/mol. The monoisotopic (exact) mass is 241 g/mol. The minimum Gasteiger partial charge on any atom is -0.291 e. The first-order valence-corrected chi connectivity index (χ1v) is 5.78. The molecule has 1 fully saturated rings. The van der Waals surface area contributed by atoms with Crippen LogP contribution in [0.5, 0.6) is 0 Å². The molecule has 0 aromatic carbocycles. The van der Waals surface area contributed by atoms with Crippen molar-refractivity contribution in [3.63, 3.8) is 0 Å². The Morgan fingerprint density at radius 3 is 2.07 bits per heavy atom. The second-order valence-electron chi connectivity index (χ2n) is 5.07. The summed E-state index contributed by atoms with van der Waals surface area (Å²) in [5.74, 6) is 0.605. The highest BCUT2D eigenvalue weighted by Crippen LogP contribution is 2.33. The molecule has 0 saturated heterocycles. The fourth-order valence-corrected chi connectivity index (χ4v) is 1.68. The minimum absolute atomic E-state index is 0.144. The second-order valence-corrected chi connectivity index (χ2v) is 5.39. The third-order valence-corrected chi connectivity index (χ3v) is 3.36. The van der Waals surface area contributed by atoms with Gasteiger partial charge in [-0.1, -0.05) is 13.8 Å². The lowest BCUT2D eigenvalue weighted by atomic mass is 9.95. The van der Waals surface area contributed by atoms with Crippen molar-refractivity contribution in [2.45, 2.75) is 38.9 Å². The van der Waals surface area contributed by atoms with Crippen LogP contribution in [0.4, 0.5) is 13.2 Å². The Bertz CT molecular complexity index is 211. The zero-order chi connectivity index (χ0) is 11.7. The van der Waals surface area contributed by atoms with Crippen molar-refractivity contribution in [2.24, 2.45) is 5.41 Å². The van der Waals surface area contributed by atoms with Gasteiger partial charge < -0.3 is 0 Å². The number of halogens is 3. The normalized spacial score (nSPS) is 18.6. The second kappa shape index (κ2) is 4.53. The largest absolute Gasteiger partial charge is 0.401 e. The number of hydrogen-bond donors (Lipinski definition) is 1. The molecule has 0 atom stereocenters. The summed E-state index contributed by atoms with van der Waals surface area (Å²) in [6.07, 6.45) is -2.28. The van der Waals surface area contributed by atoms with E-state index in [1.165, 1.54) is 0 Å². The van der Waals surface area contributed by atoms with Crippen LogP contribution < -0.4 is 0 Å². The van der Waals surface area contributed by atoms with Crippen molar-refractivity contribution >= 4 is 12.6 Å². The van der Waals surface area contributed by atoms with E-state index in [0.29, 0.717) is 12.3 Å². The Kier molecular flexibility index (Phi) is 3.98. The quantitative estimate of drug-likeness (QED) is 0.724. The van der Waals surface area contributed by atoms with Gasteiger partial charge in [0.25, 0.3) is 0 Å². The summed E-state index contributed by atoms with van der Waals surface area (Å²) in [5, 5.41) is 0. The molecule has 90 valence electrons. The standard InChI is InChI=1S/C10H18F3NS/c1-9(2,7-15)5-14(8-3-4-8)6-10(11,12)13/h8,15H,3-7H2,1-2H3. The summed E-state index contributed by atoms with van der Waals surface area (Å²) in [6, 6.07) is 0.144. The molecule has 0 radical (unpaired) electrons. The van der Waals surface area contributed by atoms with E-state index in [2.05, 4.69) is 12.6 Å². The molecule has 0 heterocycles. The molecular formula is C10H18F3NS. The Morgan fingerprint density at radius 1 is 1.20 bits per heavy atom. The van der Waals surface area contributed by atoms with Crippen LogP contribution in [0.25, 0.3) is 0 Å². The molecule has 0 N–H and O–H groups in total. The average molecular weight is 241 g/mol. The number of rotatable bonds is 5. The van der Waals surface area contributed by atoms with Crippen LogP contribution in [-0.2, 0) is 0 Å². The Hall–Kier alpha value is 0.100. The van der Waals surface area contributed by atoms with E-state index in [-0.39, 0.29) is 11.5 Å². The molecule has 0 spiro atoms. The number of thiol groups is 1. The van der Waals surface area contributed by atoms with E-state index >= 15 is 0 Å². The van der Waals surface area contributed by atoms with Gasteiger partial charge in [-0.3, -0.25) is 4.90 Å². The van der Waals surface area contributed by atoms with Crippen LogP contribution in [0.3, 0.4) is 0 Å². The highest BCUT2D eigenvalue weighted by atomic mass is 32.1. The lowest BCUT2D eigenvalue weighted by Gasteiger charge is -2.32. The summed E-state index contributed by atoms with van der Waals surface area (Å²) in [5.41, 5.74) is -0.156. The van der Waals surface area contributed by atoms with E-state index in [4.69, 9.17) is 0 Å². The lowest BCUT2D eigenvalue weighted by Crippen LogP contribution is -2.42. The van der Waals surface area contributed by atoms with Crippen LogP contribution in [0, 0.1) is 5.41 Å². The Morgan fingerprint density at radius 2 is 1.73 bits per heavy atom. The van der Waals surface area contributed by atoms with Crippen LogP contribution in [0.2, 0.25) is 0 Å². The first-order chi connectivity index (χ1) is 6.73. The first-order valence-electron chi connectivity index (χ1n) is 5.15. The molecule has 1 nitrogen and oxygen atoms in total. The molecule has 0 amide bonds. The van der Waals surface area contributed by atoms with Crippen molar-refractivity contribution < 1.29 is 13.2 Å². The van der Waals surface area contributed by atoms with Crippen molar-refractivity contribution in [1.82, 2.24) is 4.90 Å². The summed E-state index contributed by atoms with van der Waals surface area (Å²) >= 11 is 4.17.